The summed E-state index contributed by atoms with van der Waals surface area (Å²) in [5, 5.41) is 4.10. The van der Waals surface area contributed by atoms with Crippen molar-refractivity contribution >= 4 is 21.8 Å². The monoisotopic (exact) mass is 396 g/mol. The van der Waals surface area contributed by atoms with Crippen molar-refractivity contribution in [1.29, 1.82) is 0 Å². The maximum Gasteiger partial charge on any atom is 0.227 e. The lowest BCUT2D eigenvalue weighted by molar-refractivity contribution is -0.135. The van der Waals surface area contributed by atoms with Gasteiger partial charge in [0, 0.05) is 17.9 Å². The van der Waals surface area contributed by atoms with Crippen LogP contribution in [0.15, 0.2) is 18.2 Å². The fraction of sp³-hybridized carbons (Fsp3) is 0.611. The first kappa shape index (κ1) is 17.5. The van der Waals surface area contributed by atoms with Gasteiger partial charge in [0.15, 0.2) is 11.5 Å². The molecule has 0 bridgehead atoms. The SMILES string of the molecule is CN(C(=O)Cc1ccc2c(c1)OC[C@H](CBr)O2)C1(C)CCNCC1. The van der Waals surface area contributed by atoms with E-state index in [1.165, 1.54) is 0 Å². The zero-order valence-corrected chi connectivity index (χ0v) is 15.9. The zero-order chi connectivity index (χ0) is 17.2. The van der Waals surface area contributed by atoms with E-state index < -0.39 is 0 Å². The van der Waals surface area contributed by atoms with Crippen LogP contribution in [0.5, 0.6) is 11.5 Å². The van der Waals surface area contributed by atoms with E-state index in [2.05, 4.69) is 28.2 Å². The molecule has 24 heavy (non-hydrogen) atoms. The highest BCUT2D eigenvalue weighted by atomic mass is 79.9. The molecular weight excluding hydrogens is 372 g/mol. The minimum atomic E-state index is -0.0563. The molecule has 0 aliphatic carbocycles. The number of carbonyl (C=O) groups is 1. The summed E-state index contributed by atoms with van der Waals surface area (Å²) in [5.74, 6) is 1.63. The lowest BCUT2D eigenvalue weighted by atomic mass is 9.88. The number of ether oxygens (including phenoxy) is 2. The van der Waals surface area contributed by atoms with Gasteiger partial charge >= 0.3 is 0 Å². The molecule has 2 aliphatic heterocycles. The Morgan fingerprint density at radius 2 is 2.12 bits per heavy atom. The standard InChI is InChI=1S/C18H25BrN2O3/c1-18(5-7-20-8-6-18)21(2)17(22)10-13-3-4-15-16(9-13)23-12-14(11-19)24-15/h3-4,9,14,20H,5-8,10-12H2,1-2H3/t14-/m0/s1. The number of alkyl halides is 1. The summed E-state index contributed by atoms with van der Waals surface area (Å²) in [5.41, 5.74) is 0.906. The number of hydrogen-bond donors (Lipinski definition) is 1. The van der Waals surface area contributed by atoms with Crippen molar-refractivity contribution in [2.45, 2.75) is 37.8 Å². The van der Waals surface area contributed by atoms with Gasteiger partial charge in [-0.2, -0.15) is 0 Å². The first-order chi connectivity index (χ1) is 11.5. The summed E-state index contributed by atoms with van der Waals surface area (Å²) >= 11 is 3.41. The van der Waals surface area contributed by atoms with Gasteiger partial charge in [-0.05, 0) is 50.6 Å². The molecule has 1 fully saturated rings. The molecule has 0 saturated carbocycles. The predicted octanol–water partition coefficient (Wildman–Crippen LogP) is 2.36. The van der Waals surface area contributed by atoms with Gasteiger partial charge in [0.05, 0.1) is 6.42 Å². The fourth-order valence-electron chi connectivity index (χ4n) is 3.24. The third-order valence-electron chi connectivity index (χ3n) is 5.12. The number of rotatable bonds is 4. The molecule has 0 radical (unpaired) electrons. The summed E-state index contributed by atoms with van der Waals surface area (Å²) in [6.45, 7) is 4.64. The summed E-state index contributed by atoms with van der Waals surface area (Å²) < 4.78 is 11.6. The predicted molar refractivity (Wildman–Crippen MR) is 97.1 cm³/mol. The average Bonchev–Trinajstić information content (AvgIpc) is 2.61. The number of fused-ring (bicyclic) bond motifs is 1. The Morgan fingerprint density at radius 3 is 2.83 bits per heavy atom. The van der Waals surface area contributed by atoms with Crippen molar-refractivity contribution in [2.75, 3.05) is 32.1 Å². The Bertz CT molecular complexity index is 602. The Hall–Kier alpha value is -1.27. The minimum Gasteiger partial charge on any atom is -0.486 e. The van der Waals surface area contributed by atoms with E-state index in [0.29, 0.717) is 13.0 Å². The second kappa shape index (κ2) is 7.31. The highest BCUT2D eigenvalue weighted by molar-refractivity contribution is 9.09. The van der Waals surface area contributed by atoms with Crippen LogP contribution in [0, 0.1) is 0 Å². The maximum atomic E-state index is 12.7. The fourth-order valence-corrected chi connectivity index (χ4v) is 3.56. The first-order valence-corrected chi connectivity index (χ1v) is 9.60. The Morgan fingerprint density at radius 1 is 1.38 bits per heavy atom. The number of benzene rings is 1. The first-order valence-electron chi connectivity index (χ1n) is 8.47. The van der Waals surface area contributed by atoms with E-state index in [9.17, 15) is 4.79 Å². The number of nitrogens with zero attached hydrogens (tertiary/aromatic N) is 1. The number of nitrogens with one attached hydrogen (secondary N) is 1. The lowest BCUT2D eigenvalue weighted by Gasteiger charge is -2.42. The molecule has 0 aromatic heterocycles. The second-order valence-corrected chi connectivity index (χ2v) is 7.51. The summed E-state index contributed by atoms with van der Waals surface area (Å²) in [6, 6.07) is 5.78. The summed E-state index contributed by atoms with van der Waals surface area (Å²) in [7, 11) is 1.92. The van der Waals surface area contributed by atoms with Crippen LogP contribution >= 0.6 is 15.9 Å². The molecule has 1 aromatic rings. The molecule has 2 heterocycles. The summed E-state index contributed by atoms with van der Waals surface area (Å²) in [6.07, 6.45) is 2.41. The number of amides is 1. The van der Waals surface area contributed by atoms with E-state index in [0.717, 1.165) is 48.3 Å². The molecule has 1 atom stereocenters. The van der Waals surface area contributed by atoms with Gasteiger partial charge in [-0.3, -0.25) is 4.79 Å². The van der Waals surface area contributed by atoms with E-state index >= 15 is 0 Å². The van der Waals surface area contributed by atoms with Crippen molar-refractivity contribution in [3.05, 3.63) is 23.8 Å². The molecule has 0 spiro atoms. The van der Waals surface area contributed by atoms with E-state index in [4.69, 9.17) is 9.47 Å². The topological polar surface area (TPSA) is 50.8 Å². The highest BCUT2D eigenvalue weighted by Gasteiger charge is 2.33. The number of halogens is 1. The number of carbonyl (C=O) groups excluding carboxylic acids is 1. The maximum absolute atomic E-state index is 12.7. The normalized spacial score (nSPS) is 22.0. The molecule has 1 amide bonds. The second-order valence-electron chi connectivity index (χ2n) is 6.86. The average molecular weight is 397 g/mol. The van der Waals surface area contributed by atoms with Crippen molar-refractivity contribution in [3.63, 3.8) is 0 Å². The Labute approximate surface area is 151 Å². The number of hydrogen-bond acceptors (Lipinski definition) is 4. The van der Waals surface area contributed by atoms with Crippen LogP contribution in [0.25, 0.3) is 0 Å². The van der Waals surface area contributed by atoms with Gasteiger partial charge in [-0.25, -0.2) is 0 Å². The van der Waals surface area contributed by atoms with Crippen LogP contribution < -0.4 is 14.8 Å². The van der Waals surface area contributed by atoms with Crippen LogP contribution in [0.4, 0.5) is 0 Å². The number of likely N-dealkylation sites (N-methyl/N-ethyl adjacent to an activating group) is 1. The van der Waals surface area contributed by atoms with Crippen LogP contribution in [0.3, 0.4) is 0 Å². The molecule has 2 aliphatic rings. The molecule has 3 rings (SSSR count). The Balaban J connectivity index is 1.66. The number of piperidine rings is 1. The molecule has 5 nitrogen and oxygen atoms in total. The van der Waals surface area contributed by atoms with Gasteiger partial charge < -0.3 is 19.7 Å². The molecule has 1 N–H and O–H groups in total. The molecule has 0 unspecified atom stereocenters. The van der Waals surface area contributed by atoms with E-state index in [1.807, 2.05) is 30.1 Å². The Kier molecular flexibility index (Phi) is 5.35. The van der Waals surface area contributed by atoms with Gasteiger partial charge in [0.25, 0.3) is 0 Å². The smallest absolute Gasteiger partial charge is 0.227 e. The van der Waals surface area contributed by atoms with E-state index in [-0.39, 0.29) is 17.6 Å². The van der Waals surface area contributed by atoms with Crippen molar-refractivity contribution < 1.29 is 14.3 Å². The molecular formula is C18H25BrN2O3. The van der Waals surface area contributed by atoms with Gasteiger partial charge in [0.2, 0.25) is 5.91 Å². The van der Waals surface area contributed by atoms with Crippen LogP contribution in [-0.4, -0.2) is 54.5 Å². The van der Waals surface area contributed by atoms with Crippen LogP contribution in [0.1, 0.15) is 25.3 Å². The minimum absolute atomic E-state index is 0.0379. The quantitative estimate of drug-likeness (QED) is 0.793. The zero-order valence-electron chi connectivity index (χ0n) is 14.3. The lowest BCUT2D eigenvalue weighted by Crippen LogP contribution is -2.53. The van der Waals surface area contributed by atoms with Crippen LogP contribution in [0.2, 0.25) is 0 Å². The largest absolute Gasteiger partial charge is 0.486 e. The molecule has 1 saturated heterocycles. The van der Waals surface area contributed by atoms with E-state index in [1.54, 1.807) is 0 Å². The highest BCUT2D eigenvalue weighted by Crippen LogP contribution is 2.33. The third kappa shape index (κ3) is 3.70. The third-order valence-corrected chi connectivity index (χ3v) is 5.84. The molecule has 132 valence electrons. The molecule has 1 aromatic carbocycles. The van der Waals surface area contributed by atoms with Crippen molar-refractivity contribution in [1.82, 2.24) is 10.2 Å². The van der Waals surface area contributed by atoms with Crippen LogP contribution in [-0.2, 0) is 11.2 Å². The molecule has 6 heteroatoms. The summed E-state index contributed by atoms with van der Waals surface area (Å²) in [4.78, 5) is 14.6. The van der Waals surface area contributed by atoms with Gasteiger partial charge in [-0.15, -0.1) is 0 Å². The van der Waals surface area contributed by atoms with Crippen molar-refractivity contribution in [3.8, 4) is 11.5 Å². The van der Waals surface area contributed by atoms with Gasteiger partial charge in [0.1, 0.15) is 12.7 Å². The van der Waals surface area contributed by atoms with Gasteiger partial charge in [-0.1, -0.05) is 22.0 Å². The van der Waals surface area contributed by atoms with Crippen molar-refractivity contribution in [2.24, 2.45) is 0 Å².